The molecule has 1 aromatic heterocycles. The molecule has 1 aliphatic rings. The van der Waals surface area contributed by atoms with E-state index in [1.807, 2.05) is 11.6 Å². The fourth-order valence-electron chi connectivity index (χ4n) is 3.20. The summed E-state index contributed by atoms with van der Waals surface area (Å²) >= 11 is 1.46. The number of carbonyl (C=O) groups excluding carboxylic acids is 2. The standard InChI is InChI=1S/C18H23N5O3S/c1-12-7-8-13(9-15(12)18(25)26-2)19-17(24)11-27-10-16-20-21-22-23(16)14-5-3-4-6-14/h7-9,14H,3-6,10-11H2,1-2H3,(H,19,24). The summed E-state index contributed by atoms with van der Waals surface area (Å²) < 4.78 is 6.66. The minimum absolute atomic E-state index is 0.139. The number of nitrogens with zero attached hydrogens (tertiary/aromatic N) is 4. The molecular formula is C18H23N5O3S. The van der Waals surface area contributed by atoms with Crippen molar-refractivity contribution in [2.45, 2.75) is 44.4 Å². The first-order valence-electron chi connectivity index (χ1n) is 8.92. The van der Waals surface area contributed by atoms with E-state index >= 15 is 0 Å². The molecule has 1 aliphatic carbocycles. The van der Waals surface area contributed by atoms with Crippen molar-refractivity contribution >= 4 is 29.3 Å². The van der Waals surface area contributed by atoms with Crippen LogP contribution in [0.5, 0.6) is 0 Å². The van der Waals surface area contributed by atoms with E-state index in [1.54, 1.807) is 18.2 Å². The van der Waals surface area contributed by atoms with E-state index in [9.17, 15) is 9.59 Å². The number of anilines is 1. The minimum atomic E-state index is -0.420. The fraction of sp³-hybridized carbons (Fsp3) is 0.500. The van der Waals surface area contributed by atoms with Crippen LogP contribution < -0.4 is 5.32 Å². The fourth-order valence-corrected chi connectivity index (χ4v) is 3.93. The molecule has 1 N–H and O–H groups in total. The highest BCUT2D eigenvalue weighted by Crippen LogP contribution is 2.29. The second kappa shape index (κ2) is 8.98. The van der Waals surface area contributed by atoms with Crippen molar-refractivity contribution in [3.8, 4) is 0 Å². The van der Waals surface area contributed by atoms with Crippen LogP contribution in [0.3, 0.4) is 0 Å². The molecular weight excluding hydrogens is 366 g/mol. The van der Waals surface area contributed by atoms with Gasteiger partial charge in [0.1, 0.15) is 0 Å². The Bertz CT molecular complexity index is 817. The number of carbonyl (C=O) groups is 2. The Balaban J connectivity index is 1.52. The number of ether oxygens (including phenoxy) is 1. The first-order chi connectivity index (χ1) is 13.1. The van der Waals surface area contributed by atoms with Gasteiger partial charge in [-0.15, -0.1) is 16.9 Å². The number of amides is 1. The molecule has 1 fully saturated rings. The second-order valence-electron chi connectivity index (χ2n) is 6.54. The number of nitrogens with one attached hydrogen (secondary N) is 1. The lowest BCUT2D eigenvalue weighted by Gasteiger charge is -2.11. The molecule has 0 aliphatic heterocycles. The van der Waals surface area contributed by atoms with E-state index in [0.717, 1.165) is 24.2 Å². The van der Waals surface area contributed by atoms with Gasteiger partial charge in [0.2, 0.25) is 5.91 Å². The summed E-state index contributed by atoms with van der Waals surface area (Å²) in [5.74, 6) is 1.11. The molecule has 9 heteroatoms. The van der Waals surface area contributed by atoms with Crippen molar-refractivity contribution < 1.29 is 14.3 Å². The number of aryl methyl sites for hydroxylation is 1. The van der Waals surface area contributed by atoms with Crippen molar-refractivity contribution in [3.05, 3.63) is 35.2 Å². The molecule has 27 heavy (non-hydrogen) atoms. The van der Waals surface area contributed by atoms with Gasteiger partial charge in [0, 0.05) is 5.69 Å². The molecule has 0 bridgehead atoms. The van der Waals surface area contributed by atoms with Gasteiger partial charge in [0.25, 0.3) is 0 Å². The van der Waals surface area contributed by atoms with E-state index in [4.69, 9.17) is 4.74 Å². The minimum Gasteiger partial charge on any atom is -0.465 e. The molecule has 0 radical (unpaired) electrons. The van der Waals surface area contributed by atoms with Crippen LogP contribution in [0.2, 0.25) is 0 Å². The normalized spacial score (nSPS) is 14.3. The van der Waals surface area contributed by atoms with E-state index in [2.05, 4.69) is 20.8 Å². The number of hydrogen-bond acceptors (Lipinski definition) is 7. The van der Waals surface area contributed by atoms with Crippen molar-refractivity contribution in [2.24, 2.45) is 0 Å². The predicted octanol–water partition coefficient (Wildman–Crippen LogP) is 2.76. The highest BCUT2D eigenvalue weighted by Gasteiger charge is 2.21. The van der Waals surface area contributed by atoms with Crippen LogP contribution in [0.4, 0.5) is 5.69 Å². The number of rotatable bonds is 7. The zero-order valence-corrected chi connectivity index (χ0v) is 16.3. The van der Waals surface area contributed by atoms with Gasteiger partial charge < -0.3 is 10.1 Å². The molecule has 0 spiro atoms. The third-order valence-corrected chi connectivity index (χ3v) is 5.55. The molecule has 0 saturated heterocycles. The Labute approximate surface area is 162 Å². The van der Waals surface area contributed by atoms with E-state index in [-0.39, 0.29) is 11.7 Å². The number of esters is 1. The maximum Gasteiger partial charge on any atom is 0.338 e. The zero-order chi connectivity index (χ0) is 19.2. The average molecular weight is 389 g/mol. The topological polar surface area (TPSA) is 99.0 Å². The number of thioether (sulfide) groups is 1. The first kappa shape index (κ1) is 19.3. The quantitative estimate of drug-likeness (QED) is 0.727. The molecule has 8 nitrogen and oxygen atoms in total. The molecule has 1 saturated carbocycles. The smallest absolute Gasteiger partial charge is 0.338 e. The zero-order valence-electron chi connectivity index (χ0n) is 15.5. The molecule has 3 rings (SSSR count). The van der Waals surface area contributed by atoms with Crippen LogP contribution in [0.15, 0.2) is 18.2 Å². The largest absolute Gasteiger partial charge is 0.465 e. The summed E-state index contributed by atoms with van der Waals surface area (Å²) in [6.07, 6.45) is 4.64. The van der Waals surface area contributed by atoms with Crippen LogP contribution in [0.1, 0.15) is 53.5 Å². The van der Waals surface area contributed by atoms with Gasteiger partial charge in [-0.1, -0.05) is 18.9 Å². The predicted molar refractivity (Wildman–Crippen MR) is 103 cm³/mol. The van der Waals surface area contributed by atoms with Gasteiger partial charge in [-0.2, -0.15) is 0 Å². The van der Waals surface area contributed by atoms with Gasteiger partial charge in [-0.25, -0.2) is 9.48 Å². The Morgan fingerprint density at radius 3 is 2.85 bits per heavy atom. The molecule has 0 unspecified atom stereocenters. The Morgan fingerprint density at radius 1 is 1.33 bits per heavy atom. The Morgan fingerprint density at radius 2 is 2.11 bits per heavy atom. The lowest BCUT2D eigenvalue weighted by atomic mass is 10.1. The monoisotopic (exact) mass is 389 g/mol. The molecule has 2 aromatic rings. The number of tetrazole rings is 1. The molecule has 1 aromatic carbocycles. The van der Waals surface area contributed by atoms with Crippen molar-refractivity contribution in [3.63, 3.8) is 0 Å². The summed E-state index contributed by atoms with van der Waals surface area (Å²) in [6, 6.07) is 5.56. The highest BCUT2D eigenvalue weighted by molar-refractivity contribution is 7.99. The van der Waals surface area contributed by atoms with Crippen LogP contribution in [0, 0.1) is 6.92 Å². The summed E-state index contributed by atoms with van der Waals surface area (Å²) in [7, 11) is 1.34. The van der Waals surface area contributed by atoms with Gasteiger partial charge in [-0.05, 0) is 47.9 Å². The number of aromatic nitrogens is 4. The van der Waals surface area contributed by atoms with Crippen molar-refractivity contribution in [2.75, 3.05) is 18.2 Å². The SMILES string of the molecule is COC(=O)c1cc(NC(=O)CSCc2nnnn2C2CCCC2)ccc1C. The highest BCUT2D eigenvalue weighted by atomic mass is 32.2. The second-order valence-corrected chi connectivity index (χ2v) is 7.53. The molecule has 1 amide bonds. The summed E-state index contributed by atoms with van der Waals surface area (Å²) in [5.41, 5.74) is 1.81. The Hall–Kier alpha value is -2.42. The lowest BCUT2D eigenvalue weighted by Crippen LogP contribution is -2.16. The third-order valence-electron chi connectivity index (χ3n) is 4.62. The molecule has 0 atom stereocenters. The Kier molecular flexibility index (Phi) is 6.44. The van der Waals surface area contributed by atoms with Gasteiger partial charge in [0.15, 0.2) is 5.82 Å². The number of methoxy groups -OCH3 is 1. The van der Waals surface area contributed by atoms with E-state index in [1.165, 1.54) is 31.7 Å². The lowest BCUT2D eigenvalue weighted by molar-refractivity contribution is -0.113. The maximum atomic E-state index is 12.2. The van der Waals surface area contributed by atoms with Gasteiger partial charge in [0.05, 0.1) is 30.2 Å². The van der Waals surface area contributed by atoms with Crippen LogP contribution >= 0.6 is 11.8 Å². The van der Waals surface area contributed by atoms with Crippen molar-refractivity contribution in [1.82, 2.24) is 20.2 Å². The average Bonchev–Trinajstić information content (AvgIpc) is 3.34. The van der Waals surface area contributed by atoms with Gasteiger partial charge >= 0.3 is 5.97 Å². The first-order valence-corrected chi connectivity index (χ1v) is 10.1. The molecule has 1 heterocycles. The summed E-state index contributed by atoms with van der Waals surface area (Å²) in [6.45, 7) is 1.82. The number of benzene rings is 1. The van der Waals surface area contributed by atoms with Crippen LogP contribution in [0.25, 0.3) is 0 Å². The van der Waals surface area contributed by atoms with Crippen LogP contribution in [-0.2, 0) is 15.3 Å². The molecule has 144 valence electrons. The van der Waals surface area contributed by atoms with Crippen molar-refractivity contribution in [1.29, 1.82) is 0 Å². The maximum absolute atomic E-state index is 12.2. The van der Waals surface area contributed by atoms with Crippen LogP contribution in [-0.4, -0.2) is 44.9 Å². The summed E-state index contributed by atoms with van der Waals surface area (Å²) in [5, 5.41) is 14.8. The number of hydrogen-bond donors (Lipinski definition) is 1. The van der Waals surface area contributed by atoms with E-state index < -0.39 is 5.97 Å². The van der Waals surface area contributed by atoms with E-state index in [0.29, 0.717) is 23.0 Å². The van der Waals surface area contributed by atoms with Gasteiger partial charge in [-0.3, -0.25) is 4.79 Å². The third kappa shape index (κ3) is 4.85. The summed E-state index contributed by atoms with van der Waals surface area (Å²) in [4.78, 5) is 24.0.